The van der Waals surface area contributed by atoms with Gasteiger partial charge in [-0.1, -0.05) is 5.57 Å². The van der Waals surface area contributed by atoms with Gasteiger partial charge in [-0.05, 0) is 18.4 Å². The number of hydrogen-bond acceptors (Lipinski definition) is 1. The van der Waals surface area contributed by atoms with E-state index < -0.39 is 7.23 Å². The smallest absolute Gasteiger partial charge is 1.00 e. The maximum absolute atomic E-state index is 9.01. The zero-order valence-electron chi connectivity index (χ0n) is 7.66. The van der Waals surface area contributed by atoms with Crippen molar-refractivity contribution in [3.63, 3.8) is 0 Å². The van der Waals surface area contributed by atoms with Crippen LogP contribution < -0.4 is 0 Å². The van der Waals surface area contributed by atoms with Crippen LogP contribution in [0.25, 0.3) is 0 Å². The number of thiol groups is 1. The average molecular weight is 195 g/mol. The van der Waals surface area contributed by atoms with Crippen LogP contribution >= 0.6 is 19.5 Å². The molecule has 0 rings (SSSR count). The van der Waals surface area contributed by atoms with Crippen molar-refractivity contribution in [2.75, 3.05) is 0 Å². The number of hydrogen-bond donors (Lipinski definition) is 2. The van der Waals surface area contributed by atoms with Crippen molar-refractivity contribution in [2.24, 2.45) is 0 Å². The van der Waals surface area contributed by atoms with Gasteiger partial charge in [-0.2, -0.15) is 4.89 Å². The zero-order chi connectivity index (χ0) is 7.15. The summed E-state index contributed by atoms with van der Waals surface area (Å²) in [5, 5.41) is 0. The van der Waals surface area contributed by atoms with Crippen molar-refractivity contribution in [3.05, 3.63) is 12.2 Å². The van der Waals surface area contributed by atoms with E-state index in [9.17, 15) is 0 Å². The maximum atomic E-state index is 9.01. The summed E-state index contributed by atoms with van der Waals surface area (Å²) in [7, 11) is -2.18. The minimum absolute atomic E-state index is 0. The molecule has 0 fully saturated rings. The Bertz CT molecular complexity index is 84.1. The van der Waals surface area contributed by atoms with Gasteiger partial charge >= 0.3 is 45.0 Å². The fraction of sp³-hybridized carbons (Fsp3) is 0.500. The molecule has 0 saturated heterocycles. The van der Waals surface area contributed by atoms with Gasteiger partial charge in [0.15, 0.2) is 0 Å². The Morgan fingerprint density at radius 1 is 1.78 bits per heavy atom. The van der Waals surface area contributed by atoms with Gasteiger partial charge in [0, 0.05) is 0 Å². The monoisotopic (exact) mass is 195 g/mol. The number of allylic oxidation sites excluding steroid dienone is 1. The van der Waals surface area contributed by atoms with Crippen molar-refractivity contribution < 1.29 is 12.3 Å². The van der Waals surface area contributed by atoms with Crippen LogP contribution in [0.1, 0.15) is 16.7 Å². The summed E-state index contributed by atoms with van der Waals surface area (Å²) in [4.78, 5) is 7.43. The molecule has 0 amide bonds. The van der Waals surface area contributed by atoms with Crippen LogP contribution in [0, 0.1) is 0 Å². The molecule has 1 N–H and O–H groups in total. The quantitative estimate of drug-likeness (QED) is 0.268. The standard InChI is InChI=1S/C4H8.Ca.HO2PS.2H/c1-4(2)3;;1-3(2)4;;/h1H2,2-3H3;;(H-,1,2,4);;/q;+2;;2*-1/p+1. The third kappa shape index (κ3) is 260. The van der Waals surface area contributed by atoms with Crippen molar-refractivity contribution in [1.82, 2.24) is 0 Å². The van der Waals surface area contributed by atoms with Crippen LogP contribution in [0.4, 0.5) is 0 Å². The molecule has 0 heterocycles. The summed E-state index contributed by atoms with van der Waals surface area (Å²) < 4.78 is 9.01. The molecule has 0 spiro atoms. The van der Waals surface area contributed by atoms with E-state index in [1.165, 1.54) is 5.57 Å². The third-order valence-corrected chi connectivity index (χ3v) is 0. The second-order valence-corrected chi connectivity index (χ2v) is 2.99. The first-order chi connectivity index (χ1) is 3.46. The predicted octanol–water partition coefficient (Wildman–Crippen LogP) is 1.99. The summed E-state index contributed by atoms with van der Waals surface area (Å²) in [5.74, 6) is 0. The van der Waals surface area contributed by atoms with Crippen LogP contribution in [0.3, 0.4) is 0 Å². The van der Waals surface area contributed by atoms with E-state index in [-0.39, 0.29) is 40.6 Å². The predicted molar refractivity (Wildman–Crippen MR) is 47.3 cm³/mol. The van der Waals surface area contributed by atoms with Gasteiger partial charge in [0.1, 0.15) is 12.2 Å². The molecule has 0 aliphatic rings. The van der Waals surface area contributed by atoms with Crippen molar-refractivity contribution in [1.29, 1.82) is 0 Å². The molecule has 0 aliphatic heterocycles. The summed E-state index contributed by atoms with van der Waals surface area (Å²) >= 11 is 3.03. The third-order valence-electron chi connectivity index (χ3n) is 0. The van der Waals surface area contributed by atoms with Crippen LogP contribution in [-0.4, -0.2) is 42.6 Å². The Hall–Kier alpha value is 1.41. The molecule has 5 heteroatoms. The topological polar surface area (TPSA) is 37.3 Å². The fourth-order valence-electron chi connectivity index (χ4n) is 0. The van der Waals surface area contributed by atoms with E-state index in [1.807, 2.05) is 13.8 Å². The molecular weight excluding hydrogens is 183 g/mol. The Kier molecular flexibility index (Phi) is 22.6. The number of rotatable bonds is 0. The summed E-state index contributed by atoms with van der Waals surface area (Å²) in [6.07, 6.45) is 0. The second kappa shape index (κ2) is 12.1. The molecule has 0 radical (unpaired) electrons. The van der Waals surface area contributed by atoms with E-state index in [0.717, 1.165) is 0 Å². The normalized spacial score (nSPS) is 7.78. The van der Waals surface area contributed by atoms with Crippen LogP contribution in [0.2, 0.25) is 0 Å². The fourth-order valence-corrected chi connectivity index (χ4v) is 0. The first kappa shape index (κ1) is 16.8. The molecule has 0 aliphatic carbocycles. The Balaban J connectivity index is -0.0000000171. The van der Waals surface area contributed by atoms with Crippen LogP contribution in [0.5, 0.6) is 0 Å². The van der Waals surface area contributed by atoms with Gasteiger partial charge in [-0.15, -0.1) is 6.58 Å². The van der Waals surface area contributed by atoms with Crippen LogP contribution in [-0.2, 0) is 4.57 Å². The average Bonchev–Trinajstić information content (AvgIpc) is 1.25. The second-order valence-electron chi connectivity index (χ2n) is 1.46. The Labute approximate surface area is 94.7 Å². The van der Waals surface area contributed by atoms with Crippen LogP contribution in [0.15, 0.2) is 12.2 Å². The molecular formula is C4H12CaO2PS+. The van der Waals surface area contributed by atoms with Gasteiger partial charge in [0.25, 0.3) is 0 Å². The largest absolute Gasteiger partial charge is 2.00 e. The molecule has 0 aromatic heterocycles. The SMILES string of the molecule is C=C(C)C.O=[P+](O)S.[Ca+2].[H-].[H-]. The van der Waals surface area contributed by atoms with Crippen molar-refractivity contribution in [2.45, 2.75) is 13.8 Å². The Morgan fingerprint density at radius 2 is 1.78 bits per heavy atom. The summed E-state index contributed by atoms with van der Waals surface area (Å²) in [6, 6.07) is 0. The Morgan fingerprint density at radius 3 is 1.78 bits per heavy atom. The van der Waals surface area contributed by atoms with Gasteiger partial charge in [0.2, 0.25) is 0 Å². The van der Waals surface area contributed by atoms with Gasteiger partial charge < -0.3 is 2.85 Å². The van der Waals surface area contributed by atoms with Crippen molar-refractivity contribution in [3.8, 4) is 0 Å². The molecule has 9 heavy (non-hydrogen) atoms. The minimum Gasteiger partial charge on any atom is -1.00 e. The summed E-state index contributed by atoms with van der Waals surface area (Å²) in [5.41, 5.74) is 1.17. The molecule has 0 aromatic carbocycles. The van der Waals surface area contributed by atoms with Gasteiger partial charge in [0.05, 0.1) is 0 Å². The van der Waals surface area contributed by atoms with Gasteiger partial charge in [-0.3, -0.25) is 0 Å². The molecule has 1 atom stereocenters. The van der Waals surface area contributed by atoms with Crippen molar-refractivity contribution >= 4 is 57.2 Å². The van der Waals surface area contributed by atoms with E-state index in [4.69, 9.17) is 9.46 Å². The van der Waals surface area contributed by atoms with E-state index >= 15 is 0 Å². The van der Waals surface area contributed by atoms with E-state index in [0.29, 0.717) is 0 Å². The molecule has 0 aromatic rings. The molecule has 1 unspecified atom stereocenters. The first-order valence-corrected chi connectivity index (χ1v) is 4.30. The van der Waals surface area contributed by atoms with E-state index in [1.54, 1.807) is 0 Å². The molecule has 0 bridgehead atoms. The minimum atomic E-state index is -2.18. The first-order valence-electron chi connectivity index (χ1n) is 1.94. The molecule has 0 saturated carbocycles. The van der Waals surface area contributed by atoms with Gasteiger partial charge in [-0.25, -0.2) is 0 Å². The molecule has 2 nitrogen and oxygen atoms in total. The maximum Gasteiger partial charge on any atom is 2.00 e. The zero-order valence-corrected chi connectivity index (χ0v) is 9.66. The molecule has 52 valence electrons. The summed E-state index contributed by atoms with van der Waals surface area (Å²) in [6.45, 7) is 7.50. The van der Waals surface area contributed by atoms with E-state index in [2.05, 4.69) is 18.8 Å².